The van der Waals surface area contributed by atoms with Crippen molar-refractivity contribution in [1.29, 1.82) is 0 Å². The molecule has 0 unspecified atom stereocenters. The van der Waals surface area contributed by atoms with Crippen molar-refractivity contribution < 1.29 is 9.53 Å². The number of benzene rings is 2. The summed E-state index contributed by atoms with van der Waals surface area (Å²) in [5.41, 5.74) is 3.20. The molecule has 1 aliphatic carbocycles. The lowest BCUT2D eigenvalue weighted by atomic mass is 9.97. The minimum Gasteiger partial charge on any atom is -0.497 e. The second-order valence-corrected chi connectivity index (χ2v) is 10.4. The highest BCUT2D eigenvalue weighted by atomic mass is 32.2. The molecule has 1 N–H and O–H groups in total. The standard InChI is InChI=1S/C28H36N4O2S/c1-20(2)24-13-9-10-14-25(24)32-27(21-15-17-23(34-3)18-16-21)30-31-28(32)35-19-26(33)29-22-11-7-5-4-6-8-12-22/h9-10,13-18,20,22H,4-8,11-12,19H2,1-3H3,(H,29,33). The van der Waals surface area contributed by atoms with E-state index >= 15 is 0 Å². The number of aromatic nitrogens is 3. The number of hydrogen-bond donors (Lipinski definition) is 1. The third-order valence-electron chi connectivity index (χ3n) is 6.58. The van der Waals surface area contributed by atoms with Crippen LogP contribution in [0.5, 0.6) is 5.75 Å². The Balaban J connectivity index is 1.59. The van der Waals surface area contributed by atoms with Crippen LogP contribution >= 0.6 is 11.8 Å². The zero-order valence-electron chi connectivity index (χ0n) is 21.0. The molecular formula is C28H36N4O2S. The van der Waals surface area contributed by atoms with Crippen LogP contribution in [0.25, 0.3) is 17.1 Å². The molecule has 0 spiro atoms. The first-order valence-electron chi connectivity index (χ1n) is 12.7. The van der Waals surface area contributed by atoms with Gasteiger partial charge in [0.1, 0.15) is 5.75 Å². The fourth-order valence-electron chi connectivity index (χ4n) is 4.69. The molecule has 186 valence electrons. The molecule has 2 aromatic carbocycles. The fourth-order valence-corrected chi connectivity index (χ4v) is 5.44. The topological polar surface area (TPSA) is 69.0 Å². The number of nitrogens with one attached hydrogen (secondary N) is 1. The lowest BCUT2D eigenvalue weighted by Crippen LogP contribution is -2.36. The van der Waals surface area contributed by atoms with Gasteiger partial charge in [-0.1, -0.05) is 75.9 Å². The van der Waals surface area contributed by atoms with E-state index in [0.717, 1.165) is 40.8 Å². The first-order valence-corrected chi connectivity index (χ1v) is 13.7. The van der Waals surface area contributed by atoms with Crippen LogP contribution in [0, 0.1) is 0 Å². The number of ether oxygens (including phenoxy) is 1. The van der Waals surface area contributed by atoms with Crippen molar-refractivity contribution in [3.63, 3.8) is 0 Å². The van der Waals surface area contributed by atoms with Crippen LogP contribution in [0.2, 0.25) is 0 Å². The van der Waals surface area contributed by atoms with Crippen LogP contribution < -0.4 is 10.1 Å². The van der Waals surface area contributed by atoms with Gasteiger partial charge in [0.05, 0.1) is 18.6 Å². The predicted octanol–water partition coefficient (Wildman–Crippen LogP) is 6.39. The Kier molecular flexibility index (Phi) is 8.85. The van der Waals surface area contributed by atoms with Crippen LogP contribution in [0.15, 0.2) is 53.7 Å². The van der Waals surface area contributed by atoms with Gasteiger partial charge < -0.3 is 10.1 Å². The van der Waals surface area contributed by atoms with E-state index in [4.69, 9.17) is 4.74 Å². The Bertz CT molecular complexity index is 1100. The number of para-hydroxylation sites is 1. The highest BCUT2D eigenvalue weighted by Gasteiger charge is 2.21. The van der Waals surface area contributed by atoms with E-state index < -0.39 is 0 Å². The van der Waals surface area contributed by atoms with Gasteiger partial charge in [0, 0.05) is 11.6 Å². The van der Waals surface area contributed by atoms with E-state index in [2.05, 4.69) is 52.1 Å². The van der Waals surface area contributed by atoms with Crippen molar-refractivity contribution in [2.24, 2.45) is 0 Å². The monoisotopic (exact) mass is 492 g/mol. The Morgan fingerprint density at radius 3 is 2.40 bits per heavy atom. The summed E-state index contributed by atoms with van der Waals surface area (Å²) in [4.78, 5) is 12.8. The largest absolute Gasteiger partial charge is 0.497 e. The maximum absolute atomic E-state index is 12.8. The van der Waals surface area contributed by atoms with Gasteiger partial charge in [0.2, 0.25) is 5.91 Å². The van der Waals surface area contributed by atoms with Crippen LogP contribution in [0.1, 0.15) is 70.3 Å². The molecule has 0 atom stereocenters. The predicted molar refractivity (Wildman–Crippen MR) is 142 cm³/mol. The zero-order valence-corrected chi connectivity index (χ0v) is 21.8. The van der Waals surface area contributed by atoms with Crippen LogP contribution in [-0.4, -0.2) is 39.6 Å². The van der Waals surface area contributed by atoms with Gasteiger partial charge in [0.15, 0.2) is 11.0 Å². The maximum Gasteiger partial charge on any atom is 0.230 e. The average Bonchev–Trinajstić information content (AvgIpc) is 3.28. The maximum atomic E-state index is 12.8. The quantitative estimate of drug-likeness (QED) is 0.369. The molecule has 1 saturated carbocycles. The number of thioether (sulfide) groups is 1. The van der Waals surface area contributed by atoms with Gasteiger partial charge >= 0.3 is 0 Å². The Labute approximate surface area is 212 Å². The van der Waals surface area contributed by atoms with Crippen molar-refractivity contribution in [3.8, 4) is 22.8 Å². The van der Waals surface area contributed by atoms with E-state index in [1.54, 1.807) is 7.11 Å². The molecule has 7 heteroatoms. The first-order chi connectivity index (χ1) is 17.1. The van der Waals surface area contributed by atoms with Crippen molar-refractivity contribution in [3.05, 3.63) is 54.1 Å². The van der Waals surface area contributed by atoms with E-state index in [9.17, 15) is 4.79 Å². The number of nitrogens with zero attached hydrogens (tertiary/aromatic N) is 3. The molecule has 1 fully saturated rings. The lowest BCUT2D eigenvalue weighted by molar-refractivity contribution is -0.119. The summed E-state index contributed by atoms with van der Waals surface area (Å²) in [6, 6.07) is 16.5. The third-order valence-corrected chi connectivity index (χ3v) is 7.51. The summed E-state index contributed by atoms with van der Waals surface area (Å²) in [6.07, 6.45) is 8.42. The van der Waals surface area contributed by atoms with Gasteiger partial charge in [0.25, 0.3) is 0 Å². The van der Waals surface area contributed by atoms with E-state index in [0.29, 0.717) is 11.7 Å². The molecule has 1 aliphatic rings. The molecule has 0 radical (unpaired) electrons. The Morgan fingerprint density at radius 1 is 1.03 bits per heavy atom. The fraction of sp³-hybridized carbons (Fsp3) is 0.464. The smallest absolute Gasteiger partial charge is 0.230 e. The summed E-state index contributed by atoms with van der Waals surface area (Å²) in [5, 5.41) is 13.1. The molecule has 0 aliphatic heterocycles. The molecular weight excluding hydrogens is 456 g/mol. The number of carbonyl (C=O) groups is 1. The average molecular weight is 493 g/mol. The summed E-state index contributed by atoms with van der Waals surface area (Å²) in [5.74, 6) is 2.27. The van der Waals surface area contributed by atoms with Crippen molar-refractivity contribution >= 4 is 17.7 Å². The Morgan fingerprint density at radius 2 is 1.71 bits per heavy atom. The summed E-state index contributed by atoms with van der Waals surface area (Å²) in [6.45, 7) is 4.37. The minimum absolute atomic E-state index is 0.0678. The number of amides is 1. The Hall–Kier alpha value is -2.80. The normalized spacial score (nSPS) is 15.0. The number of methoxy groups -OCH3 is 1. The van der Waals surface area contributed by atoms with Crippen LogP contribution in [-0.2, 0) is 4.79 Å². The third kappa shape index (κ3) is 6.45. The molecule has 4 rings (SSSR count). The first kappa shape index (κ1) is 25.3. The van der Waals surface area contributed by atoms with E-state index in [-0.39, 0.29) is 11.9 Å². The zero-order chi connectivity index (χ0) is 24.6. The molecule has 0 saturated heterocycles. The minimum atomic E-state index is 0.0678. The molecule has 1 heterocycles. The molecule has 1 aromatic heterocycles. The second-order valence-electron chi connectivity index (χ2n) is 9.48. The number of hydrogen-bond acceptors (Lipinski definition) is 5. The van der Waals surface area contributed by atoms with Crippen LogP contribution in [0.3, 0.4) is 0 Å². The SMILES string of the molecule is COc1ccc(-c2nnc(SCC(=O)NC3CCCCCCC3)n2-c2ccccc2C(C)C)cc1. The van der Waals surface area contributed by atoms with Crippen molar-refractivity contribution in [1.82, 2.24) is 20.1 Å². The van der Waals surface area contributed by atoms with Gasteiger partial charge in [-0.2, -0.15) is 0 Å². The van der Waals surface area contributed by atoms with E-state index in [1.165, 1.54) is 49.4 Å². The molecule has 0 bridgehead atoms. The molecule has 35 heavy (non-hydrogen) atoms. The van der Waals surface area contributed by atoms with E-state index in [1.807, 2.05) is 30.3 Å². The molecule has 3 aromatic rings. The summed E-state index contributed by atoms with van der Waals surface area (Å²) >= 11 is 1.44. The van der Waals surface area contributed by atoms with Crippen molar-refractivity contribution in [2.75, 3.05) is 12.9 Å². The van der Waals surface area contributed by atoms with Crippen molar-refractivity contribution in [2.45, 2.75) is 75.9 Å². The summed E-state index contributed by atoms with van der Waals surface area (Å²) in [7, 11) is 1.66. The van der Waals surface area contributed by atoms with Gasteiger partial charge in [-0.25, -0.2) is 0 Å². The van der Waals surface area contributed by atoms with Gasteiger partial charge in [-0.05, 0) is 54.7 Å². The van der Waals surface area contributed by atoms with Gasteiger partial charge in [-0.3, -0.25) is 9.36 Å². The number of rotatable bonds is 8. The number of carbonyl (C=O) groups excluding carboxylic acids is 1. The lowest BCUT2D eigenvalue weighted by Gasteiger charge is -2.21. The van der Waals surface area contributed by atoms with Gasteiger partial charge in [-0.15, -0.1) is 10.2 Å². The highest BCUT2D eigenvalue weighted by molar-refractivity contribution is 7.99. The molecule has 1 amide bonds. The highest BCUT2D eigenvalue weighted by Crippen LogP contribution is 2.32. The summed E-state index contributed by atoms with van der Waals surface area (Å²) < 4.78 is 7.41. The van der Waals surface area contributed by atoms with Crippen LogP contribution in [0.4, 0.5) is 0 Å². The second kappa shape index (κ2) is 12.2. The molecule has 6 nitrogen and oxygen atoms in total.